The molecule has 0 unspecified atom stereocenters. The van der Waals surface area contributed by atoms with E-state index in [2.05, 4.69) is 10.1 Å². The second kappa shape index (κ2) is 7.73. The summed E-state index contributed by atoms with van der Waals surface area (Å²) >= 11 is 0. The molecular formula is C17H25N5O3S. The molecule has 0 amide bonds. The number of nitrogens with zero attached hydrogens (tertiary/aromatic N) is 4. The molecular weight excluding hydrogens is 354 g/mol. The van der Waals surface area contributed by atoms with Gasteiger partial charge in [0.2, 0.25) is 10.0 Å². The van der Waals surface area contributed by atoms with Gasteiger partial charge in [0.05, 0.1) is 4.90 Å². The van der Waals surface area contributed by atoms with E-state index in [1.807, 2.05) is 6.92 Å². The number of benzene rings is 1. The lowest BCUT2D eigenvalue weighted by molar-refractivity contribution is 0.243. The number of hydrogen-bond donors (Lipinski definition) is 1. The van der Waals surface area contributed by atoms with Crippen LogP contribution in [-0.2, 0) is 23.7 Å². The normalized spacial score (nSPS) is 20.0. The summed E-state index contributed by atoms with van der Waals surface area (Å²) in [6.07, 6.45) is 3.27. The van der Waals surface area contributed by atoms with Gasteiger partial charge in [-0.05, 0) is 49.9 Å². The third-order valence-corrected chi connectivity index (χ3v) is 6.68. The molecule has 3 rings (SSSR count). The Labute approximate surface area is 154 Å². The lowest BCUT2D eigenvalue weighted by Crippen LogP contribution is -2.44. The maximum atomic E-state index is 12.9. The molecule has 1 saturated heterocycles. The number of sulfonamides is 1. The molecule has 0 aliphatic carbocycles. The number of rotatable bonds is 6. The van der Waals surface area contributed by atoms with Gasteiger partial charge in [-0.15, -0.1) is 0 Å². The monoisotopic (exact) mass is 379 g/mol. The van der Waals surface area contributed by atoms with Gasteiger partial charge >= 0.3 is 0 Å². The van der Waals surface area contributed by atoms with Gasteiger partial charge in [-0.1, -0.05) is 0 Å². The van der Waals surface area contributed by atoms with Crippen LogP contribution in [0.25, 0.3) is 0 Å². The van der Waals surface area contributed by atoms with Crippen molar-refractivity contribution in [2.45, 2.75) is 37.3 Å². The van der Waals surface area contributed by atoms with Crippen LogP contribution >= 0.6 is 0 Å². The average molecular weight is 379 g/mol. The maximum Gasteiger partial charge on any atom is 0.243 e. The molecule has 0 saturated carbocycles. The first-order chi connectivity index (χ1) is 12.4. The van der Waals surface area contributed by atoms with Crippen molar-refractivity contribution in [3.63, 3.8) is 0 Å². The van der Waals surface area contributed by atoms with Gasteiger partial charge in [0.1, 0.15) is 18.7 Å². The lowest BCUT2D eigenvalue weighted by atomic mass is 9.93. The fraction of sp³-hybridized carbons (Fsp3) is 0.529. The number of piperidine rings is 1. The predicted molar refractivity (Wildman–Crippen MR) is 96.9 cm³/mol. The molecule has 1 aliphatic rings. The molecule has 2 aromatic rings. The Bertz CT molecular complexity index is 832. The maximum absolute atomic E-state index is 12.9. The van der Waals surface area contributed by atoms with Crippen LogP contribution in [0, 0.1) is 5.92 Å². The summed E-state index contributed by atoms with van der Waals surface area (Å²) < 4.78 is 34.6. The van der Waals surface area contributed by atoms with Crippen LogP contribution in [-0.4, -0.2) is 46.6 Å². The second-order valence-corrected chi connectivity index (χ2v) is 8.62. The van der Waals surface area contributed by atoms with Crippen molar-refractivity contribution in [2.24, 2.45) is 18.7 Å². The first-order valence-electron chi connectivity index (χ1n) is 8.69. The first kappa shape index (κ1) is 18.8. The van der Waals surface area contributed by atoms with Crippen molar-refractivity contribution in [2.75, 3.05) is 13.1 Å². The molecule has 0 radical (unpaired) electrons. The van der Waals surface area contributed by atoms with Gasteiger partial charge in [0.25, 0.3) is 0 Å². The molecule has 2 atom stereocenters. The van der Waals surface area contributed by atoms with E-state index in [0.29, 0.717) is 24.7 Å². The van der Waals surface area contributed by atoms with E-state index in [9.17, 15) is 8.42 Å². The quantitative estimate of drug-likeness (QED) is 0.807. The Balaban J connectivity index is 1.67. The van der Waals surface area contributed by atoms with Gasteiger partial charge in [-0.2, -0.15) is 9.40 Å². The van der Waals surface area contributed by atoms with Gasteiger partial charge in [0.15, 0.2) is 5.82 Å². The largest absolute Gasteiger partial charge is 0.486 e. The van der Waals surface area contributed by atoms with E-state index in [-0.39, 0.29) is 23.5 Å². The topological polar surface area (TPSA) is 103 Å². The minimum atomic E-state index is -3.51. The summed E-state index contributed by atoms with van der Waals surface area (Å²) in [5.74, 6) is 1.48. The number of aromatic nitrogens is 3. The summed E-state index contributed by atoms with van der Waals surface area (Å²) in [6, 6.07) is 6.48. The van der Waals surface area contributed by atoms with E-state index < -0.39 is 10.0 Å². The van der Waals surface area contributed by atoms with Crippen LogP contribution in [0.2, 0.25) is 0 Å². The van der Waals surface area contributed by atoms with Crippen LogP contribution < -0.4 is 10.5 Å². The molecule has 1 fully saturated rings. The summed E-state index contributed by atoms with van der Waals surface area (Å²) in [6.45, 7) is 3.22. The van der Waals surface area contributed by atoms with E-state index in [1.165, 1.54) is 6.33 Å². The van der Waals surface area contributed by atoms with Crippen LogP contribution in [0.5, 0.6) is 5.75 Å². The highest BCUT2D eigenvalue weighted by Gasteiger charge is 2.31. The van der Waals surface area contributed by atoms with E-state index in [0.717, 1.165) is 12.8 Å². The van der Waals surface area contributed by atoms with Crippen LogP contribution in [0.15, 0.2) is 35.5 Å². The zero-order valence-corrected chi connectivity index (χ0v) is 15.9. The molecule has 1 aromatic carbocycles. The second-order valence-electron chi connectivity index (χ2n) is 6.68. The number of nitrogens with two attached hydrogens (primary N) is 1. The lowest BCUT2D eigenvalue weighted by Gasteiger charge is -2.33. The molecule has 2 N–H and O–H groups in total. The summed E-state index contributed by atoms with van der Waals surface area (Å²) in [5, 5.41) is 3.98. The Hall–Kier alpha value is -1.97. The Morgan fingerprint density at radius 3 is 2.69 bits per heavy atom. The molecule has 0 bridgehead atoms. The van der Waals surface area contributed by atoms with Crippen molar-refractivity contribution in [3.05, 3.63) is 36.4 Å². The van der Waals surface area contributed by atoms with E-state index in [1.54, 1.807) is 40.3 Å². The zero-order valence-electron chi connectivity index (χ0n) is 15.1. The fourth-order valence-electron chi connectivity index (χ4n) is 3.08. The highest BCUT2D eigenvalue weighted by atomic mass is 32.2. The van der Waals surface area contributed by atoms with Crippen LogP contribution in [0.4, 0.5) is 0 Å². The first-order valence-corrected chi connectivity index (χ1v) is 10.1. The van der Waals surface area contributed by atoms with E-state index in [4.69, 9.17) is 10.5 Å². The molecule has 8 nitrogen and oxygen atoms in total. The zero-order chi connectivity index (χ0) is 18.7. The van der Waals surface area contributed by atoms with Gasteiger partial charge < -0.3 is 10.5 Å². The molecule has 1 aliphatic heterocycles. The molecule has 1 aromatic heterocycles. The van der Waals surface area contributed by atoms with Crippen molar-refractivity contribution in [1.29, 1.82) is 0 Å². The summed E-state index contributed by atoms with van der Waals surface area (Å²) in [4.78, 5) is 4.36. The minimum absolute atomic E-state index is 0.00983. The van der Waals surface area contributed by atoms with Gasteiger partial charge in [0, 0.05) is 26.2 Å². The van der Waals surface area contributed by atoms with Gasteiger partial charge in [-0.3, -0.25) is 4.68 Å². The number of hydrogen-bond acceptors (Lipinski definition) is 6. The fourth-order valence-corrected chi connectivity index (χ4v) is 4.61. The highest BCUT2D eigenvalue weighted by molar-refractivity contribution is 7.89. The highest BCUT2D eigenvalue weighted by Crippen LogP contribution is 2.26. The minimum Gasteiger partial charge on any atom is -0.486 e. The van der Waals surface area contributed by atoms with E-state index >= 15 is 0 Å². The van der Waals surface area contributed by atoms with Crippen molar-refractivity contribution >= 4 is 10.0 Å². The van der Waals surface area contributed by atoms with Gasteiger partial charge in [-0.25, -0.2) is 13.4 Å². The smallest absolute Gasteiger partial charge is 0.243 e. The molecule has 26 heavy (non-hydrogen) atoms. The summed E-state index contributed by atoms with van der Waals surface area (Å²) in [5.41, 5.74) is 5.97. The molecule has 2 heterocycles. The third kappa shape index (κ3) is 4.05. The SMILES string of the molecule is C[C@H](N)[C@@H]1CCCN(S(=O)(=O)c2ccc(OCc3ncnn3C)cc2)C1. The standard InChI is InChI=1S/C17H25N5O3S/c1-13(18)14-4-3-9-22(10-14)26(23,24)16-7-5-15(6-8-16)25-11-17-19-12-20-21(17)2/h5-8,12-14H,3-4,9-11,18H2,1-2H3/t13-,14+/m0/s1. The van der Waals surface area contributed by atoms with Crippen LogP contribution in [0.3, 0.4) is 0 Å². The average Bonchev–Trinajstić information content (AvgIpc) is 3.05. The Kier molecular flexibility index (Phi) is 5.59. The van der Waals surface area contributed by atoms with Crippen molar-refractivity contribution in [3.8, 4) is 5.75 Å². The molecule has 142 valence electrons. The van der Waals surface area contributed by atoms with Crippen LogP contribution in [0.1, 0.15) is 25.6 Å². The predicted octanol–water partition coefficient (Wildman–Crippen LogP) is 1.14. The molecule has 0 spiro atoms. The Morgan fingerprint density at radius 1 is 1.35 bits per heavy atom. The van der Waals surface area contributed by atoms with Crippen molar-refractivity contribution < 1.29 is 13.2 Å². The number of ether oxygens (including phenoxy) is 1. The third-order valence-electron chi connectivity index (χ3n) is 4.80. The molecule has 9 heteroatoms. The number of aryl methyl sites for hydroxylation is 1. The van der Waals surface area contributed by atoms with Crippen molar-refractivity contribution in [1.82, 2.24) is 19.1 Å². The Morgan fingerprint density at radius 2 is 2.08 bits per heavy atom. The summed E-state index contributed by atoms with van der Waals surface area (Å²) in [7, 11) is -1.73.